The topological polar surface area (TPSA) is 97.1 Å². The van der Waals surface area contributed by atoms with E-state index in [-0.39, 0.29) is 13.2 Å². The standard InChI is InChI=1S/C24H26NO6P/c1-28-24(26)23(25)16-19-12-14-22(15-13-19)31-32(27,29-17-20-8-4-2-5-9-20)30-18-21-10-6-3-7-11-21/h2-15,23H,16-18,25H2,1H3/t23-/m0/s1. The molecule has 0 heterocycles. The molecule has 0 radical (unpaired) electrons. The third-order valence-electron chi connectivity index (χ3n) is 4.56. The van der Waals surface area contributed by atoms with Crippen LogP contribution in [0.5, 0.6) is 5.75 Å². The molecule has 3 aromatic carbocycles. The summed E-state index contributed by atoms with van der Waals surface area (Å²) in [5.74, 6) is -0.178. The molecule has 7 nitrogen and oxygen atoms in total. The SMILES string of the molecule is COC(=O)[C@@H](N)Cc1ccc(OP(=O)(OCc2ccccc2)OCc2ccccc2)cc1. The number of nitrogens with two attached hydrogens (primary N) is 1. The lowest BCUT2D eigenvalue weighted by molar-refractivity contribution is -0.142. The Hall–Kier alpha value is -2.96. The lowest BCUT2D eigenvalue weighted by atomic mass is 10.1. The van der Waals surface area contributed by atoms with Crippen LogP contribution in [0.4, 0.5) is 0 Å². The smallest absolute Gasteiger partial charge is 0.468 e. The molecule has 0 spiro atoms. The molecule has 168 valence electrons. The van der Waals surface area contributed by atoms with Crippen LogP contribution in [0.15, 0.2) is 84.9 Å². The quantitative estimate of drug-likeness (QED) is 0.332. The summed E-state index contributed by atoms with van der Waals surface area (Å²) >= 11 is 0. The molecule has 32 heavy (non-hydrogen) atoms. The molecule has 0 aliphatic heterocycles. The predicted molar refractivity (Wildman–Crippen MR) is 121 cm³/mol. The Bertz CT molecular complexity index is 980. The van der Waals surface area contributed by atoms with E-state index >= 15 is 0 Å². The zero-order chi connectivity index (χ0) is 22.8. The van der Waals surface area contributed by atoms with Gasteiger partial charge in [0.1, 0.15) is 11.8 Å². The summed E-state index contributed by atoms with van der Waals surface area (Å²) in [6.07, 6.45) is 0.305. The molecule has 8 heteroatoms. The molecule has 0 aliphatic carbocycles. The van der Waals surface area contributed by atoms with Gasteiger partial charge < -0.3 is 15.0 Å². The monoisotopic (exact) mass is 455 g/mol. The van der Waals surface area contributed by atoms with Crippen LogP contribution in [0.25, 0.3) is 0 Å². The first-order valence-electron chi connectivity index (χ1n) is 10.1. The average molecular weight is 455 g/mol. The van der Waals surface area contributed by atoms with Gasteiger partial charge in [0.25, 0.3) is 0 Å². The second kappa shape index (κ2) is 11.6. The fourth-order valence-electron chi connectivity index (χ4n) is 2.85. The highest BCUT2D eigenvalue weighted by Crippen LogP contribution is 2.51. The van der Waals surface area contributed by atoms with Crippen molar-refractivity contribution in [1.82, 2.24) is 0 Å². The maximum atomic E-state index is 13.4. The number of esters is 1. The molecule has 0 amide bonds. The molecule has 2 N–H and O–H groups in total. The van der Waals surface area contributed by atoms with E-state index in [4.69, 9.17) is 19.3 Å². The van der Waals surface area contributed by atoms with Crippen molar-refractivity contribution in [2.24, 2.45) is 5.73 Å². The number of methoxy groups -OCH3 is 1. The highest BCUT2D eigenvalue weighted by Gasteiger charge is 2.29. The Kier molecular flexibility index (Phi) is 8.59. The minimum Gasteiger partial charge on any atom is -0.468 e. The molecule has 0 aromatic heterocycles. The zero-order valence-electron chi connectivity index (χ0n) is 17.8. The van der Waals surface area contributed by atoms with E-state index in [1.807, 2.05) is 60.7 Å². The molecule has 3 rings (SSSR count). The number of phosphoric ester groups is 1. The number of carbonyl (C=O) groups excluding carboxylic acids is 1. The summed E-state index contributed by atoms with van der Waals surface area (Å²) < 4.78 is 34.9. The number of ether oxygens (including phenoxy) is 1. The van der Waals surface area contributed by atoms with Crippen molar-refractivity contribution in [1.29, 1.82) is 0 Å². The maximum Gasteiger partial charge on any atom is 0.530 e. The molecule has 0 bridgehead atoms. The van der Waals surface area contributed by atoms with Crippen LogP contribution in [0.1, 0.15) is 16.7 Å². The third kappa shape index (κ3) is 7.32. The van der Waals surface area contributed by atoms with Crippen LogP contribution in [-0.2, 0) is 42.8 Å². The van der Waals surface area contributed by atoms with E-state index in [9.17, 15) is 9.36 Å². The maximum absolute atomic E-state index is 13.4. The molecular formula is C24H26NO6P. The highest BCUT2D eigenvalue weighted by atomic mass is 31.2. The molecular weight excluding hydrogens is 429 g/mol. The van der Waals surface area contributed by atoms with Gasteiger partial charge in [-0.1, -0.05) is 72.8 Å². The van der Waals surface area contributed by atoms with Crippen LogP contribution in [-0.4, -0.2) is 19.1 Å². The fraction of sp³-hybridized carbons (Fsp3) is 0.208. The van der Waals surface area contributed by atoms with Crippen molar-refractivity contribution in [3.63, 3.8) is 0 Å². The van der Waals surface area contributed by atoms with Gasteiger partial charge in [-0.3, -0.25) is 13.8 Å². The molecule has 3 aromatic rings. The van der Waals surface area contributed by atoms with Gasteiger partial charge in [-0.2, -0.15) is 0 Å². The van der Waals surface area contributed by atoms with Crippen molar-refractivity contribution < 1.29 is 27.7 Å². The van der Waals surface area contributed by atoms with Crippen molar-refractivity contribution in [3.05, 3.63) is 102 Å². The summed E-state index contributed by atoms with van der Waals surface area (Å²) in [5, 5.41) is 0. The summed E-state index contributed by atoms with van der Waals surface area (Å²) in [7, 11) is -2.64. The average Bonchev–Trinajstić information content (AvgIpc) is 2.83. The predicted octanol–water partition coefficient (Wildman–Crippen LogP) is 4.65. The second-order valence-corrected chi connectivity index (χ2v) is 8.63. The van der Waals surface area contributed by atoms with Gasteiger partial charge in [0.2, 0.25) is 0 Å². The lowest BCUT2D eigenvalue weighted by Crippen LogP contribution is -2.33. The van der Waals surface area contributed by atoms with Gasteiger partial charge in [0.05, 0.1) is 20.3 Å². The minimum absolute atomic E-state index is 0.0684. The first kappa shape index (κ1) is 23.7. The van der Waals surface area contributed by atoms with E-state index in [1.165, 1.54) is 7.11 Å². The summed E-state index contributed by atoms with van der Waals surface area (Å²) in [6.45, 7) is 0.137. The van der Waals surface area contributed by atoms with E-state index < -0.39 is 19.8 Å². The van der Waals surface area contributed by atoms with Gasteiger partial charge in [0.15, 0.2) is 0 Å². The first-order valence-corrected chi connectivity index (χ1v) is 11.5. The molecule has 1 atom stereocenters. The Morgan fingerprint density at radius 2 is 1.31 bits per heavy atom. The zero-order valence-corrected chi connectivity index (χ0v) is 18.7. The number of hydrogen-bond acceptors (Lipinski definition) is 7. The van der Waals surface area contributed by atoms with Crippen LogP contribution in [0.2, 0.25) is 0 Å². The normalized spacial score (nSPS) is 12.2. The Morgan fingerprint density at radius 1 is 0.812 bits per heavy atom. The van der Waals surface area contributed by atoms with Gasteiger partial charge in [-0.15, -0.1) is 0 Å². The second-order valence-electron chi connectivity index (χ2n) is 7.03. The van der Waals surface area contributed by atoms with Crippen LogP contribution >= 0.6 is 7.82 Å². The molecule has 0 saturated carbocycles. The first-order chi connectivity index (χ1) is 15.5. The van der Waals surface area contributed by atoms with E-state index in [1.54, 1.807) is 24.3 Å². The summed E-state index contributed by atoms with van der Waals surface area (Å²) in [5.41, 5.74) is 8.28. The van der Waals surface area contributed by atoms with Crippen molar-refractivity contribution in [2.45, 2.75) is 25.7 Å². The largest absolute Gasteiger partial charge is 0.530 e. The van der Waals surface area contributed by atoms with Gasteiger partial charge >= 0.3 is 13.8 Å². The minimum atomic E-state index is -3.93. The van der Waals surface area contributed by atoms with Crippen molar-refractivity contribution in [3.8, 4) is 5.75 Å². The van der Waals surface area contributed by atoms with E-state index in [0.29, 0.717) is 12.2 Å². The van der Waals surface area contributed by atoms with E-state index in [2.05, 4.69) is 4.74 Å². The summed E-state index contributed by atoms with van der Waals surface area (Å²) in [6, 6.07) is 24.7. The van der Waals surface area contributed by atoms with Crippen molar-refractivity contribution in [2.75, 3.05) is 7.11 Å². The number of benzene rings is 3. The molecule has 0 fully saturated rings. The molecule has 0 aliphatic rings. The Labute approximate surface area is 187 Å². The lowest BCUT2D eigenvalue weighted by Gasteiger charge is -2.19. The van der Waals surface area contributed by atoms with Gasteiger partial charge in [-0.05, 0) is 35.2 Å². The van der Waals surface area contributed by atoms with Crippen molar-refractivity contribution >= 4 is 13.8 Å². The number of rotatable bonds is 11. The van der Waals surface area contributed by atoms with Gasteiger partial charge in [0, 0.05) is 0 Å². The number of carbonyl (C=O) groups is 1. The summed E-state index contributed by atoms with van der Waals surface area (Å²) in [4.78, 5) is 11.5. The van der Waals surface area contributed by atoms with E-state index in [0.717, 1.165) is 16.7 Å². The Balaban J connectivity index is 1.69. The van der Waals surface area contributed by atoms with Crippen LogP contribution in [0.3, 0.4) is 0 Å². The molecule has 0 unspecified atom stereocenters. The fourth-order valence-corrected chi connectivity index (χ4v) is 4.02. The molecule has 0 saturated heterocycles. The van der Waals surface area contributed by atoms with Gasteiger partial charge in [-0.25, -0.2) is 4.57 Å². The number of phosphoric acid groups is 1. The third-order valence-corrected chi connectivity index (χ3v) is 5.89. The number of hydrogen-bond donors (Lipinski definition) is 1. The van der Waals surface area contributed by atoms with Crippen LogP contribution < -0.4 is 10.3 Å². The Morgan fingerprint density at radius 3 is 1.78 bits per heavy atom. The highest BCUT2D eigenvalue weighted by molar-refractivity contribution is 7.48. The van der Waals surface area contributed by atoms with Crippen LogP contribution in [0, 0.1) is 0 Å².